The van der Waals surface area contributed by atoms with Crippen LogP contribution in [-0.4, -0.2) is 35.6 Å². The number of nitrogens with one attached hydrogen (secondary N) is 1. The zero-order valence-corrected chi connectivity index (χ0v) is 13.2. The number of nitrogens with zero attached hydrogens (tertiary/aromatic N) is 1. The van der Waals surface area contributed by atoms with Gasteiger partial charge in [-0.3, -0.25) is 4.90 Å². The topological polar surface area (TPSA) is 15.3 Å². The summed E-state index contributed by atoms with van der Waals surface area (Å²) >= 11 is 0. The highest BCUT2D eigenvalue weighted by atomic mass is 15.3. The van der Waals surface area contributed by atoms with Crippen LogP contribution in [0.15, 0.2) is 0 Å². The van der Waals surface area contributed by atoms with Crippen molar-refractivity contribution >= 4 is 0 Å². The van der Waals surface area contributed by atoms with Crippen LogP contribution in [0.3, 0.4) is 0 Å². The van der Waals surface area contributed by atoms with Gasteiger partial charge in [-0.05, 0) is 57.3 Å². The van der Waals surface area contributed by atoms with Crippen molar-refractivity contribution in [3.63, 3.8) is 0 Å². The normalized spacial score (nSPS) is 41.5. The van der Waals surface area contributed by atoms with Crippen LogP contribution in [0.5, 0.6) is 0 Å². The van der Waals surface area contributed by atoms with Crippen LogP contribution in [-0.2, 0) is 0 Å². The molecule has 4 rings (SSSR count). The van der Waals surface area contributed by atoms with Crippen LogP contribution in [0, 0.1) is 11.8 Å². The van der Waals surface area contributed by atoms with E-state index in [0.717, 1.165) is 23.9 Å². The number of hydrogen-bond donors (Lipinski definition) is 1. The van der Waals surface area contributed by atoms with Crippen molar-refractivity contribution in [3.05, 3.63) is 0 Å². The molecule has 0 radical (unpaired) electrons. The number of rotatable bonds is 3. The van der Waals surface area contributed by atoms with Gasteiger partial charge < -0.3 is 5.32 Å². The van der Waals surface area contributed by atoms with Crippen LogP contribution in [0.25, 0.3) is 0 Å². The zero-order valence-electron chi connectivity index (χ0n) is 13.2. The third-order valence-corrected chi connectivity index (χ3v) is 6.69. The largest absolute Gasteiger partial charge is 0.311 e. The van der Waals surface area contributed by atoms with Gasteiger partial charge in [0.1, 0.15) is 0 Å². The molecule has 1 saturated heterocycles. The minimum atomic E-state index is 0.473. The Hall–Kier alpha value is -0.0800. The maximum absolute atomic E-state index is 3.94. The van der Waals surface area contributed by atoms with Crippen molar-refractivity contribution in [3.8, 4) is 0 Å². The summed E-state index contributed by atoms with van der Waals surface area (Å²) in [5, 5.41) is 3.94. The first kappa shape index (κ1) is 13.6. The van der Waals surface area contributed by atoms with Gasteiger partial charge in [0.25, 0.3) is 0 Å². The van der Waals surface area contributed by atoms with Crippen LogP contribution in [0.2, 0.25) is 0 Å². The monoisotopic (exact) mass is 276 g/mol. The molecule has 0 spiro atoms. The lowest BCUT2D eigenvalue weighted by molar-refractivity contribution is -0.0106. The molecule has 0 aromatic carbocycles. The van der Waals surface area contributed by atoms with E-state index in [1.807, 2.05) is 0 Å². The molecule has 3 saturated carbocycles. The average Bonchev–Trinajstić information content (AvgIpc) is 3.35. The second kappa shape index (κ2) is 5.28. The third-order valence-electron chi connectivity index (χ3n) is 6.69. The molecule has 0 aromatic rings. The van der Waals surface area contributed by atoms with Gasteiger partial charge in [0.05, 0.1) is 0 Å². The Morgan fingerprint density at radius 1 is 0.900 bits per heavy atom. The highest BCUT2D eigenvalue weighted by Crippen LogP contribution is 2.47. The van der Waals surface area contributed by atoms with E-state index in [4.69, 9.17) is 0 Å². The Morgan fingerprint density at radius 2 is 1.60 bits per heavy atom. The van der Waals surface area contributed by atoms with Gasteiger partial charge in [-0.2, -0.15) is 0 Å². The van der Waals surface area contributed by atoms with Gasteiger partial charge in [-0.25, -0.2) is 0 Å². The third kappa shape index (κ3) is 2.54. The molecule has 2 nitrogen and oxygen atoms in total. The van der Waals surface area contributed by atoms with E-state index in [1.54, 1.807) is 0 Å². The Bertz CT molecular complexity index is 339. The van der Waals surface area contributed by atoms with Crippen LogP contribution >= 0.6 is 0 Å². The molecule has 1 aliphatic heterocycles. The minimum Gasteiger partial charge on any atom is -0.311 e. The van der Waals surface area contributed by atoms with Crippen LogP contribution < -0.4 is 5.32 Å². The fourth-order valence-corrected chi connectivity index (χ4v) is 4.96. The smallest absolute Gasteiger partial charge is 0.0337 e. The Morgan fingerprint density at radius 3 is 2.20 bits per heavy atom. The van der Waals surface area contributed by atoms with E-state index in [1.165, 1.54) is 77.3 Å². The molecule has 2 heteroatoms. The van der Waals surface area contributed by atoms with Crippen LogP contribution in [0.1, 0.15) is 71.1 Å². The first-order valence-corrected chi connectivity index (χ1v) is 9.27. The van der Waals surface area contributed by atoms with E-state index in [9.17, 15) is 0 Å². The molecule has 4 aliphatic rings. The fourth-order valence-electron chi connectivity index (χ4n) is 4.96. The zero-order chi connectivity index (χ0) is 13.6. The van der Waals surface area contributed by atoms with Crippen molar-refractivity contribution in [2.24, 2.45) is 11.8 Å². The quantitative estimate of drug-likeness (QED) is 0.793. The molecule has 20 heavy (non-hydrogen) atoms. The molecular formula is C18H32N2. The molecule has 0 bridgehead atoms. The Kier molecular flexibility index (Phi) is 3.58. The predicted octanol–water partition coefficient (Wildman–Crippen LogP) is 3.56. The Labute approximate surface area is 124 Å². The standard InChI is InChI=1S/C18H32N2/c1-18(15-10-11-15)13-19-17(14-8-9-14)12-20(18)16-6-4-2-3-5-7-16/h14-17,19H,2-13H2,1H3. The molecular weight excluding hydrogens is 244 g/mol. The molecule has 3 aliphatic carbocycles. The lowest BCUT2D eigenvalue weighted by Crippen LogP contribution is -2.67. The fraction of sp³-hybridized carbons (Fsp3) is 1.00. The van der Waals surface area contributed by atoms with Crippen molar-refractivity contribution in [1.82, 2.24) is 10.2 Å². The summed E-state index contributed by atoms with van der Waals surface area (Å²) in [6.45, 7) is 5.18. The summed E-state index contributed by atoms with van der Waals surface area (Å²) in [5.41, 5.74) is 0.473. The highest BCUT2D eigenvalue weighted by Gasteiger charge is 2.51. The SMILES string of the molecule is CC1(C2CC2)CNC(C2CC2)CN1C1CCCCCC1. The molecule has 1 heterocycles. The molecule has 2 unspecified atom stereocenters. The lowest BCUT2D eigenvalue weighted by Gasteiger charge is -2.52. The van der Waals surface area contributed by atoms with E-state index >= 15 is 0 Å². The molecule has 0 amide bonds. The lowest BCUT2D eigenvalue weighted by atomic mass is 9.85. The second-order valence-electron chi connectivity index (χ2n) is 8.25. The molecule has 2 atom stereocenters. The first-order chi connectivity index (χ1) is 9.77. The molecule has 0 aromatic heterocycles. The van der Waals surface area contributed by atoms with E-state index in [2.05, 4.69) is 17.1 Å². The second-order valence-corrected chi connectivity index (χ2v) is 8.25. The van der Waals surface area contributed by atoms with Crippen LogP contribution in [0.4, 0.5) is 0 Å². The first-order valence-electron chi connectivity index (χ1n) is 9.27. The maximum Gasteiger partial charge on any atom is 0.0337 e. The highest BCUT2D eigenvalue weighted by molar-refractivity contribution is 5.08. The van der Waals surface area contributed by atoms with Crippen molar-refractivity contribution in [2.75, 3.05) is 13.1 Å². The van der Waals surface area contributed by atoms with E-state index in [-0.39, 0.29) is 0 Å². The number of hydrogen-bond acceptors (Lipinski definition) is 2. The average molecular weight is 276 g/mol. The van der Waals surface area contributed by atoms with Gasteiger partial charge in [0.2, 0.25) is 0 Å². The van der Waals surface area contributed by atoms with Gasteiger partial charge in [0.15, 0.2) is 0 Å². The minimum absolute atomic E-state index is 0.473. The summed E-state index contributed by atoms with van der Waals surface area (Å²) in [6.07, 6.45) is 14.8. The van der Waals surface area contributed by atoms with Crippen molar-refractivity contribution in [2.45, 2.75) is 88.8 Å². The summed E-state index contributed by atoms with van der Waals surface area (Å²) in [4.78, 5) is 3.01. The Balaban J connectivity index is 1.52. The van der Waals surface area contributed by atoms with Crippen molar-refractivity contribution in [1.29, 1.82) is 0 Å². The maximum atomic E-state index is 3.94. The van der Waals surface area contributed by atoms with Gasteiger partial charge >= 0.3 is 0 Å². The molecule has 114 valence electrons. The van der Waals surface area contributed by atoms with Crippen molar-refractivity contribution < 1.29 is 0 Å². The predicted molar refractivity (Wildman–Crippen MR) is 83.8 cm³/mol. The summed E-state index contributed by atoms with van der Waals surface area (Å²) < 4.78 is 0. The van der Waals surface area contributed by atoms with Gasteiger partial charge in [0, 0.05) is 30.7 Å². The summed E-state index contributed by atoms with van der Waals surface area (Å²) in [5.74, 6) is 1.99. The number of piperazine rings is 1. The molecule has 4 fully saturated rings. The van der Waals surface area contributed by atoms with Gasteiger partial charge in [-0.1, -0.05) is 25.7 Å². The summed E-state index contributed by atoms with van der Waals surface area (Å²) in [7, 11) is 0. The summed E-state index contributed by atoms with van der Waals surface area (Å²) in [6, 6.07) is 1.71. The van der Waals surface area contributed by atoms with Gasteiger partial charge in [-0.15, -0.1) is 0 Å². The van der Waals surface area contributed by atoms with E-state index < -0.39 is 0 Å². The molecule has 1 N–H and O–H groups in total. The van der Waals surface area contributed by atoms with E-state index in [0.29, 0.717) is 5.54 Å².